The molecule has 3 nitrogen and oxygen atoms in total. The first-order valence-electron chi connectivity index (χ1n) is 2.84. The lowest BCUT2D eigenvalue weighted by Gasteiger charge is -2.04. The molecule has 0 aromatic carbocycles. The lowest BCUT2D eigenvalue weighted by molar-refractivity contribution is 0.569. The number of hydrogen-bond donors (Lipinski definition) is 0. The van der Waals surface area contributed by atoms with Crippen LogP contribution in [0.2, 0.25) is 6.55 Å². The molecular weight excluding hydrogens is 160 g/mol. The second kappa shape index (κ2) is 4.39. The minimum Gasteiger partial charge on any atom is -0.234 e. The van der Waals surface area contributed by atoms with Gasteiger partial charge in [-0.2, -0.15) is 0 Å². The Morgan fingerprint density at radius 1 is 0.909 bits per heavy atom. The lowest BCUT2D eigenvalue weighted by Crippen LogP contribution is -2.23. The van der Waals surface area contributed by atoms with Crippen LogP contribution in [0.1, 0.15) is 0 Å². The molecule has 0 N–H and O–H groups in total. The van der Waals surface area contributed by atoms with E-state index >= 15 is 0 Å². The van der Waals surface area contributed by atoms with Crippen molar-refractivity contribution >= 4 is 25.9 Å². The minimum atomic E-state index is -2.40. The lowest BCUT2D eigenvalue weighted by atomic mass is 11.2. The minimum absolute atomic E-state index is 1.18. The van der Waals surface area contributed by atoms with Gasteiger partial charge in [0.05, 0.1) is 0 Å². The number of carbonyl (C=O) groups excluding carboxylic acids is 3. The third kappa shape index (κ3) is 3.31. The van der Waals surface area contributed by atoms with Crippen molar-refractivity contribution in [2.75, 3.05) is 0 Å². The van der Waals surface area contributed by atoms with Gasteiger partial charge in [0, 0.05) is 0 Å². The molecule has 0 aromatic heterocycles. The van der Waals surface area contributed by atoms with Crippen molar-refractivity contribution in [1.29, 1.82) is 0 Å². The zero-order chi connectivity index (χ0) is 8.74. The molecule has 0 aliphatic heterocycles. The molecule has 0 aromatic rings. The Bertz CT molecular complexity index is 231. The van der Waals surface area contributed by atoms with Crippen LogP contribution in [0.25, 0.3) is 0 Å². The first-order chi connectivity index (χ1) is 5.18. The van der Waals surface area contributed by atoms with Gasteiger partial charge >= 0.3 is 0 Å². The summed E-state index contributed by atoms with van der Waals surface area (Å²) in [6, 6.07) is 0. The summed E-state index contributed by atoms with van der Waals surface area (Å²) in [5, 5.41) is 0. The Morgan fingerprint density at radius 2 is 1.18 bits per heavy atom. The third-order valence-electron chi connectivity index (χ3n) is 1.11. The molecule has 0 radical (unpaired) electrons. The summed E-state index contributed by atoms with van der Waals surface area (Å²) in [6.07, 6.45) is 0. The molecule has 4 heteroatoms. The zero-order valence-electron chi connectivity index (χ0n) is 5.96. The molecule has 0 aliphatic carbocycles. The molecule has 0 saturated heterocycles. The van der Waals surface area contributed by atoms with E-state index in [4.69, 9.17) is 0 Å². The van der Waals surface area contributed by atoms with Gasteiger partial charge in [0.1, 0.15) is 17.8 Å². The predicted molar refractivity (Wildman–Crippen MR) is 42.4 cm³/mol. The smallest absolute Gasteiger partial charge is 0.159 e. The fraction of sp³-hybridized carbons (Fsp3) is 0.143. The SMILES string of the molecule is C[Si](C=C=O)(C=C=O)C=C=O. The van der Waals surface area contributed by atoms with Crippen molar-refractivity contribution in [2.45, 2.75) is 6.55 Å². The molecule has 0 amide bonds. The van der Waals surface area contributed by atoms with Crippen molar-refractivity contribution in [2.24, 2.45) is 0 Å². The predicted octanol–water partition coefficient (Wildman–Crippen LogP) is -0.154. The van der Waals surface area contributed by atoms with Crippen LogP contribution in [0.3, 0.4) is 0 Å². The van der Waals surface area contributed by atoms with Gasteiger partial charge in [0.25, 0.3) is 0 Å². The number of rotatable bonds is 3. The van der Waals surface area contributed by atoms with Crippen LogP contribution in [0.5, 0.6) is 0 Å². The molecule has 11 heavy (non-hydrogen) atoms. The van der Waals surface area contributed by atoms with E-state index in [1.54, 1.807) is 24.4 Å². The molecule has 0 aliphatic rings. The largest absolute Gasteiger partial charge is 0.234 e. The second-order valence-electron chi connectivity index (χ2n) is 2.15. The molecule has 0 fully saturated rings. The summed E-state index contributed by atoms with van der Waals surface area (Å²) < 4.78 is 0. The van der Waals surface area contributed by atoms with E-state index in [1.807, 2.05) is 0 Å². The van der Waals surface area contributed by atoms with E-state index in [0.717, 1.165) is 0 Å². The van der Waals surface area contributed by atoms with Crippen LogP contribution in [0.4, 0.5) is 0 Å². The zero-order valence-corrected chi connectivity index (χ0v) is 6.96. The highest BCUT2D eigenvalue weighted by atomic mass is 28.3. The van der Waals surface area contributed by atoms with Gasteiger partial charge in [-0.05, 0) is 17.1 Å². The Balaban J connectivity index is 4.94. The molecule has 0 unspecified atom stereocenters. The summed E-state index contributed by atoms with van der Waals surface area (Å²) in [4.78, 5) is 29.8. The van der Waals surface area contributed by atoms with Crippen LogP contribution in [-0.2, 0) is 14.4 Å². The molecule has 0 bridgehead atoms. The number of hydrogen-bond acceptors (Lipinski definition) is 3. The highest BCUT2D eigenvalue weighted by Gasteiger charge is 2.18. The van der Waals surface area contributed by atoms with Crippen LogP contribution >= 0.6 is 0 Å². The molecular formula is C7H6O3Si. The second-order valence-corrected chi connectivity index (χ2v) is 5.75. The van der Waals surface area contributed by atoms with E-state index in [-0.39, 0.29) is 0 Å². The average Bonchev–Trinajstić information content (AvgIpc) is 1.88. The van der Waals surface area contributed by atoms with Crippen molar-refractivity contribution in [3.8, 4) is 0 Å². The normalized spacial score (nSPS) is 12.8. The summed E-state index contributed by atoms with van der Waals surface area (Å²) in [5.41, 5.74) is 3.55. The third-order valence-corrected chi connectivity index (χ3v) is 3.33. The van der Waals surface area contributed by atoms with Crippen molar-refractivity contribution in [3.63, 3.8) is 0 Å². The van der Waals surface area contributed by atoms with Gasteiger partial charge in [-0.25, -0.2) is 14.4 Å². The topological polar surface area (TPSA) is 51.2 Å². The van der Waals surface area contributed by atoms with E-state index in [9.17, 15) is 14.4 Å². The molecule has 0 saturated carbocycles. The Morgan fingerprint density at radius 3 is 1.36 bits per heavy atom. The van der Waals surface area contributed by atoms with Gasteiger partial charge in [-0.1, -0.05) is 6.55 Å². The highest BCUT2D eigenvalue weighted by molar-refractivity contribution is 6.94. The van der Waals surface area contributed by atoms with Gasteiger partial charge in [0.2, 0.25) is 0 Å². The monoisotopic (exact) mass is 166 g/mol. The first kappa shape index (κ1) is 9.57. The Labute approximate surface area is 64.7 Å². The van der Waals surface area contributed by atoms with Gasteiger partial charge in [0.15, 0.2) is 8.07 Å². The maximum absolute atomic E-state index is 9.92. The van der Waals surface area contributed by atoms with Gasteiger partial charge in [-0.3, -0.25) is 0 Å². The van der Waals surface area contributed by atoms with E-state index in [2.05, 4.69) is 0 Å². The average molecular weight is 166 g/mol. The molecule has 0 heterocycles. The molecule has 0 atom stereocenters. The Kier molecular flexibility index (Phi) is 3.82. The highest BCUT2D eigenvalue weighted by Crippen LogP contribution is 2.02. The van der Waals surface area contributed by atoms with Crippen molar-refractivity contribution in [1.82, 2.24) is 0 Å². The van der Waals surface area contributed by atoms with E-state index in [1.165, 1.54) is 17.1 Å². The van der Waals surface area contributed by atoms with Crippen LogP contribution < -0.4 is 0 Å². The fourth-order valence-corrected chi connectivity index (χ4v) is 1.52. The maximum atomic E-state index is 9.92. The van der Waals surface area contributed by atoms with Gasteiger partial charge < -0.3 is 0 Å². The van der Waals surface area contributed by atoms with E-state index in [0.29, 0.717) is 0 Å². The van der Waals surface area contributed by atoms with Crippen LogP contribution in [0.15, 0.2) is 17.1 Å². The van der Waals surface area contributed by atoms with Crippen LogP contribution in [-0.4, -0.2) is 25.9 Å². The quantitative estimate of drug-likeness (QED) is 0.432. The van der Waals surface area contributed by atoms with Crippen molar-refractivity contribution in [3.05, 3.63) is 17.1 Å². The van der Waals surface area contributed by atoms with Gasteiger partial charge in [-0.15, -0.1) is 0 Å². The molecule has 0 rings (SSSR count). The Hall–Kier alpha value is -1.43. The summed E-state index contributed by atoms with van der Waals surface area (Å²) in [7, 11) is -2.40. The standard InChI is InChI=1S/C7H6O3Si/c1-11(5-2-8,6-3-9)7-4-10/h5-7H,1H3. The first-order valence-corrected chi connectivity index (χ1v) is 5.58. The van der Waals surface area contributed by atoms with Crippen LogP contribution in [0, 0.1) is 0 Å². The summed E-state index contributed by atoms with van der Waals surface area (Å²) in [6.45, 7) is 1.63. The summed E-state index contributed by atoms with van der Waals surface area (Å²) in [5.74, 6) is 4.63. The van der Waals surface area contributed by atoms with E-state index < -0.39 is 8.07 Å². The molecule has 0 spiro atoms. The fourth-order valence-electron chi connectivity index (χ4n) is 0.506. The molecule has 56 valence electrons. The maximum Gasteiger partial charge on any atom is 0.159 e. The van der Waals surface area contributed by atoms with Crippen molar-refractivity contribution < 1.29 is 14.4 Å². The summed E-state index contributed by atoms with van der Waals surface area (Å²) >= 11 is 0.